The molecule has 1 heterocycles. The molecule has 1 saturated heterocycles. The van der Waals surface area contributed by atoms with Gasteiger partial charge in [-0.15, -0.1) is 0 Å². The van der Waals surface area contributed by atoms with Gasteiger partial charge in [-0.05, 0) is 56.7 Å². The minimum absolute atomic E-state index is 0.0187. The normalized spacial score (nSPS) is 15.8. The number of carbonyl (C=O) groups is 3. The van der Waals surface area contributed by atoms with Crippen LogP contribution in [-0.4, -0.2) is 54.2 Å². The van der Waals surface area contributed by atoms with Gasteiger partial charge in [0.2, 0.25) is 11.8 Å². The molecular formula is C31H43N3O5. The molecule has 2 aromatic carbocycles. The number of nitrogens with one attached hydrogen (secondary N) is 2. The predicted molar refractivity (Wildman–Crippen MR) is 153 cm³/mol. The van der Waals surface area contributed by atoms with Gasteiger partial charge in [0, 0.05) is 42.7 Å². The SMILES string of the molecule is CC(C)CNC(=O)[C@H](C)C[C@@H](O)[C@H](Cc1ccccc1)NC(=O)c1cc(OC(C)C)cc(N2CCCC2=O)c1. The highest BCUT2D eigenvalue weighted by atomic mass is 16.5. The molecule has 0 aliphatic carbocycles. The zero-order valence-corrected chi connectivity index (χ0v) is 23.8. The van der Waals surface area contributed by atoms with Crippen LogP contribution in [0.3, 0.4) is 0 Å². The number of hydrogen-bond acceptors (Lipinski definition) is 5. The lowest BCUT2D eigenvalue weighted by Crippen LogP contribution is -2.46. The van der Waals surface area contributed by atoms with Gasteiger partial charge in [0.1, 0.15) is 5.75 Å². The smallest absolute Gasteiger partial charge is 0.251 e. The van der Waals surface area contributed by atoms with Crippen molar-refractivity contribution in [1.82, 2.24) is 10.6 Å². The first-order valence-corrected chi connectivity index (χ1v) is 14.0. The van der Waals surface area contributed by atoms with Crippen LogP contribution in [-0.2, 0) is 16.0 Å². The minimum Gasteiger partial charge on any atom is -0.491 e. The molecule has 3 rings (SSSR count). The van der Waals surface area contributed by atoms with Gasteiger partial charge in [-0.25, -0.2) is 0 Å². The summed E-state index contributed by atoms with van der Waals surface area (Å²) in [5.41, 5.74) is 1.92. The average molecular weight is 538 g/mol. The molecule has 39 heavy (non-hydrogen) atoms. The molecule has 0 spiro atoms. The van der Waals surface area contributed by atoms with Crippen molar-refractivity contribution in [2.24, 2.45) is 11.8 Å². The summed E-state index contributed by atoms with van der Waals surface area (Å²) in [5, 5.41) is 17.1. The van der Waals surface area contributed by atoms with Crippen molar-refractivity contribution in [3.63, 3.8) is 0 Å². The lowest BCUT2D eigenvalue weighted by atomic mass is 9.93. The number of aliphatic hydroxyl groups excluding tert-OH is 1. The van der Waals surface area contributed by atoms with E-state index in [2.05, 4.69) is 10.6 Å². The highest BCUT2D eigenvalue weighted by Crippen LogP contribution is 2.28. The van der Waals surface area contributed by atoms with Gasteiger partial charge < -0.3 is 25.4 Å². The lowest BCUT2D eigenvalue weighted by Gasteiger charge is -2.27. The topological polar surface area (TPSA) is 108 Å². The number of carbonyl (C=O) groups excluding carboxylic acids is 3. The number of ether oxygens (including phenoxy) is 1. The summed E-state index contributed by atoms with van der Waals surface area (Å²) in [6, 6.07) is 14.1. The summed E-state index contributed by atoms with van der Waals surface area (Å²) >= 11 is 0. The molecule has 0 saturated carbocycles. The summed E-state index contributed by atoms with van der Waals surface area (Å²) < 4.78 is 5.90. The molecular weight excluding hydrogens is 494 g/mol. The highest BCUT2D eigenvalue weighted by molar-refractivity contribution is 5.99. The molecule has 3 atom stereocenters. The van der Waals surface area contributed by atoms with Crippen LogP contribution in [0.25, 0.3) is 0 Å². The van der Waals surface area contributed by atoms with Crippen LogP contribution in [0.15, 0.2) is 48.5 Å². The number of benzene rings is 2. The van der Waals surface area contributed by atoms with Crippen molar-refractivity contribution in [1.29, 1.82) is 0 Å². The van der Waals surface area contributed by atoms with Crippen LogP contribution in [0.5, 0.6) is 5.75 Å². The van der Waals surface area contributed by atoms with Crippen molar-refractivity contribution < 1.29 is 24.2 Å². The first-order chi connectivity index (χ1) is 18.5. The Morgan fingerprint density at radius 1 is 1.05 bits per heavy atom. The Labute approximate surface area is 232 Å². The molecule has 0 unspecified atom stereocenters. The lowest BCUT2D eigenvalue weighted by molar-refractivity contribution is -0.125. The second-order valence-corrected chi connectivity index (χ2v) is 11.1. The van der Waals surface area contributed by atoms with E-state index in [0.29, 0.717) is 48.8 Å². The van der Waals surface area contributed by atoms with Gasteiger partial charge in [0.25, 0.3) is 5.91 Å². The fourth-order valence-electron chi connectivity index (χ4n) is 4.65. The first kappa shape index (κ1) is 30.2. The monoisotopic (exact) mass is 537 g/mol. The molecule has 0 radical (unpaired) electrons. The minimum atomic E-state index is -0.955. The predicted octanol–water partition coefficient (Wildman–Crippen LogP) is 4.10. The Hall–Kier alpha value is -3.39. The molecule has 3 amide bonds. The van der Waals surface area contributed by atoms with Crippen LogP contribution in [0.4, 0.5) is 5.69 Å². The van der Waals surface area contributed by atoms with Gasteiger partial charge in [-0.3, -0.25) is 14.4 Å². The Bertz CT molecular complexity index is 1120. The standard InChI is InChI=1S/C31H43N3O5/c1-20(2)19-32-30(37)22(5)14-28(35)27(15-23-10-7-6-8-11-23)33-31(38)24-16-25(34-13-9-12-29(34)36)18-26(17-24)39-21(3)4/h6-8,10-11,16-18,20-22,27-28,35H,9,12-15,19H2,1-5H3,(H,32,37)(H,33,38)/t22-,27+,28-/m1/s1. The average Bonchev–Trinajstić information content (AvgIpc) is 3.32. The Morgan fingerprint density at radius 3 is 2.38 bits per heavy atom. The highest BCUT2D eigenvalue weighted by Gasteiger charge is 2.28. The molecule has 0 aromatic heterocycles. The summed E-state index contributed by atoms with van der Waals surface area (Å²) in [7, 11) is 0. The largest absolute Gasteiger partial charge is 0.491 e. The number of hydrogen-bond donors (Lipinski definition) is 3. The summed E-state index contributed by atoms with van der Waals surface area (Å²) in [4.78, 5) is 40.2. The third-order valence-corrected chi connectivity index (χ3v) is 6.72. The Morgan fingerprint density at radius 2 is 1.77 bits per heavy atom. The molecule has 212 valence electrons. The molecule has 3 N–H and O–H groups in total. The zero-order valence-electron chi connectivity index (χ0n) is 23.8. The maximum atomic E-state index is 13.6. The van der Waals surface area contributed by atoms with Crippen molar-refractivity contribution >= 4 is 23.4 Å². The quantitative estimate of drug-likeness (QED) is 0.357. The van der Waals surface area contributed by atoms with Gasteiger partial charge in [0.15, 0.2) is 0 Å². The maximum Gasteiger partial charge on any atom is 0.251 e. The van der Waals surface area contributed by atoms with Crippen LogP contribution < -0.4 is 20.3 Å². The molecule has 2 aromatic rings. The van der Waals surface area contributed by atoms with E-state index in [-0.39, 0.29) is 30.2 Å². The number of rotatable bonds is 13. The van der Waals surface area contributed by atoms with E-state index in [1.807, 2.05) is 58.0 Å². The fraction of sp³-hybridized carbons (Fsp3) is 0.516. The van der Waals surface area contributed by atoms with Crippen molar-refractivity contribution in [3.05, 3.63) is 59.7 Å². The van der Waals surface area contributed by atoms with Gasteiger partial charge >= 0.3 is 0 Å². The number of amides is 3. The van der Waals surface area contributed by atoms with E-state index in [1.54, 1.807) is 30.0 Å². The number of aliphatic hydroxyl groups is 1. The molecule has 8 nitrogen and oxygen atoms in total. The second kappa shape index (κ2) is 14.1. The third kappa shape index (κ3) is 9.10. The van der Waals surface area contributed by atoms with Crippen molar-refractivity contribution in [2.45, 2.75) is 78.6 Å². The Kier molecular flexibility index (Phi) is 10.9. The van der Waals surface area contributed by atoms with Gasteiger partial charge in [-0.1, -0.05) is 51.1 Å². The number of anilines is 1. The van der Waals surface area contributed by atoms with Crippen molar-refractivity contribution in [3.8, 4) is 5.75 Å². The van der Waals surface area contributed by atoms with E-state index in [4.69, 9.17) is 4.74 Å². The second-order valence-electron chi connectivity index (χ2n) is 11.1. The van der Waals surface area contributed by atoms with Crippen LogP contribution in [0.2, 0.25) is 0 Å². The van der Waals surface area contributed by atoms with E-state index in [0.717, 1.165) is 12.0 Å². The Balaban J connectivity index is 1.83. The molecule has 0 bridgehead atoms. The van der Waals surface area contributed by atoms with Gasteiger partial charge in [0.05, 0.1) is 18.2 Å². The third-order valence-electron chi connectivity index (χ3n) is 6.72. The van der Waals surface area contributed by atoms with E-state index < -0.39 is 18.1 Å². The molecule has 1 aliphatic heterocycles. The van der Waals surface area contributed by atoms with Gasteiger partial charge in [-0.2, -0.15) is 0 Å². The summed E-state index contributed by atoms with van der Waals surface area (Å²) in [5.74, 6) is -0.0787. The number of nitrogens with zero attached hydrogens (tertiary/aromatic N) is 1. The van der Waals surface area contributed by atoms with Crippen molar-refractivity contribution in [2.75, 3.05) is 18.0 Å². The van der Waals surface area contributed by atoms with E-state index >= 15 is 0 Å². The first-order valence-electron chi connectivity index (χ1n) is 14.0. The molecule has 8 heteroatoms. The maximum absolute atomic E-state index is 13.6. The van der Waals surface area contributed by atoms with Crippen LogP contribution >= 0.6 is 0 Å². The fourth-order valence-corrected chi connectivity index (χ4v) is 4.65. The molecule has 1 aliphatic rings. The summed E-state index contributed by atoms with van der Waals surface area (Å²) in [6.45, 7) is 10.8. The summed E-state index contributed by atoms with van der Waals surface area (Å²) in [6.07, 6.45) is 0.777. The zero-order chi connectivity index (χ0) is 28.5. The van der Waals surface area contributed by atoms with Crippen LogP contribution in [0.1, 0.15) is 69.8 Å². The van der Waals surface area contributed by atoms with E-state index in [9.17, 15) is 19.5 Å². The van der Waals surface area contributed by atoms with E-state index in [1.165, 1.54) is 0 Å². The molecule has 1 fully saturated rings. The van der Waals surface area contributed by atoms with Crippen LogP contribution in [0, 0.1) is 11.8 Å².